The van der Waals surface area contributed by atoms with E-state index >= 15 is 0 Å². The van der Waals surface area contributed by atoms with E-state index in [0.717, 1.165) is 83.5 Å². The van der Waals surface area contributed by atoms with Crippen LogP contribution in [0, 0.1) is 5.82 Å². The van der Waals surface area contributed by atoms with Gasteiger partial charge in [0, 0.05) is 19.0 Å². The SMILES string of the molecule is COC1CCC(/N=c2\cc3n(-c4ccc(F)cc4)c4ccccc4nc-3cc2NC2=CCCC=N2)CC1. The van der Waals surface area contributed by atoms with E-state index in [1.165, 1.54) is 12.1 Å². The Balaban J connectivity index is 1.56. The van der Waals surface area contributed by atoms with Crippen LogP contribution in [-0.4, -0.2) is 35.0 Å². The summed E-state index contributed by atoms with van der Waals surface area (Å²) in [5, 5.41) is 4.39. The van der Waals surface area contributed by atoms with Gasteiger partial charge in [0.1, 0.15) is 11.6 Å². The number of benzene rings is 3. The number of hydrogen-bond donors (Lipinski definition) is 1. The van der Waals surface area contributed by atoms with Crippen molar-refractivity contribution in [2.24, 2.45) is 9.98 Å². The van der Waals surface area contributed by atoms with Crippen LogP contribution in [-0.2, 0) is 4.74 Å². The first-order chi connectivity index (χ1) is 18.2. The van der Waals surface area contributed by atoms with Gasteiger partial charge in [-0.1, -0.05) is 12.1 Å². The summed E-state index contributed by atoms with van der Waals surface area (Å²) in [6, 6.07) is 19.0. The molecule has 0 amide bonds. The Labute approximate surface area is 215 Å². The fourth-order valence-electron chi connectivity index (χ4n) is 5.26. The molecule has 0 aromatic heterocycles. The van der Waals surface area contributed by atoms with Crippen molar-refractivity contribution in [2.45, 2.75) is 50.7 Å². The summed E-state index contributed by atoms with van der Waals surface area (Å²) in [4.78, 5) is 14.8. The number of aromatic nitrogens is 2. The van der Waals surface area contributed by atoms with E-state index in [1.807, 2.05) is 30.5 Å². The zero-order valence-corrected chi connectivity index (χ0v) is 20.9. The van der Waals surface area contributed by atoms with Crippen LogP contribution < -0.4 is 10.7 Å². The highest BCUT2D eigenvalue weighted by Crippen LogP contribution is 2.31. The lowest BCUT2D eigenvalue weighted by Crippen LogP contribution is -2.25. The summed E-state index contributed by atoms with van der Waals surface area (Å²) in [6.07, 6.45) is 10.3. The summed E-state index contributed by atoms with van der Waals surface area (Å²) in [7, 11) is 1.79. The smallest absolute Gasteiger partial charge is 0.125 e. The average molecular weight is 496 g/mol. The number of allylic oxidation sites excluding steroid dienone is 1. The molecule has 0 spiro atoms. The minimum Gasteiger partial charge on any atom is -0.381 e. The number of halogens is 1. The van der Waals surface area contributed by atoms with E-state index in [4.69, 9.17) is 14.7 Å². The molecular formula is C30H30FN5O. The molecule has 37 heavy (non-hydrogen) atoms. The van der Waals surface area contributed by atoms with Crippen LogP contribution in [0.5, 0.6) is 0 Å². The summed E-state index contributed by atoms with van der Waals surface area (Å²) in [6.45, 7) is 0. The highest BCUT2D eigenvalue weighted by molar-refractivity contribution is 5.84. The van der Waals surface area contributed by atoms with E-state index in [9.17, 15) is 4.39 Å². The number of ether oxygens (including phenoxy) is 1. The Morgan fingerprint density at radius 2 is 1.81 bits per heavy atom. The maximum absolute atomic E-state index is 13.8. The number of rotatable bonds is 5. The molecule has 1 saturated carbocycles. The van der Waals surface area contributed by atoms with Gasteiger partial charge in [-0.05, 0) is 93.1 Å². The van der Waals surface area contributed by atoms with Crippen molar-refractivity contribution in [3.8, 4) is 17.1 Å². The van der Waals surface area contributed by atoms with E-state index < -0.39 is 0 Å². The van der Waals surface area contributed by atoms with E-state index in [0.29, 0.717) is 6.10 Å². The molecule has 1 N–H and O–H groups in total. The summed E-state index contributed by atoms with van der Waals surface area (Å²) < 4.78 is 21.5. The highest BCUT2D eigenvalue weighted by atomic mass is 19.1. The van der Waals surface area contributed by atoms with Crippen molar-refractivity contribution in [1.29, 1.82) is 0 Å². The van der Waals surface area contributed by atoms with Gasteiger partial charge in [-0.15, -0.1) is 0 Å². The number of hydrogen-bond acceptors (Lipinski definition) is 5. The molecule has 2 aromatic carbocycles. The van der Waals surface area contributed by atoms with Gasteiger partial charge in [0.05, 0.1) is 45.6 Å². The fraction of sp³-hybridized carbons (Fsp3) is 0.300. The van der Waals surface area contributed by atoms with Crippen molar-refractivity contribution < 1.29 is 9.13 Å². The molecule has 6 rings (SSSR count). The third-order valence-electron chi connectivity index (χ3n) is 7.21. The minimum absolute atomic E-state index is 0.223. The summed E-state index contributed by atoms with van der Waals surface area (Å²) in [5.74, 6) is 0.569. The lowest BCUT2D eigenvalue weighted by atomic mass is 9.93. The van der Waals surface area contributed by atoms with Crippen LogP contribution in [0.3, 0.4) is 0 Å². The van der Waals surface area contributed by atoms with E-state index in [-0.39, 0.29) is 11.9 Å². The largest absolute Gasteiger partial charge is 0.381 e. The summed E-state index contributed by atoms with van der Waals surface area (Å²) >= 11 is 0. The van der Waals surface area contributed by atoms with Crippen LogP contribution in [0.15, 0.2) is 82.5 Å². The van der Waals surface area contributed by atoms with E-state index in [2.05, 4.69) is 33.1 Å². The van der Waals surface area contributed by atoms with Gasteiger partial charge in [0.15, 0.2) is 0 Å². The molecular weight excluding hydrogens is 465 g/mol. The maximum Gasteiger partial charge on any atom is 0.125 e. The lowest BCUT2D eigenvalue weighted by molar-refractivity contribution is 0.0663. The predicted molar refractivity (Wildman–Crippen MR) is 146 cm³/mol. The minimum atomic E-state index is -0.262. The molecule has 0 unspecified atom stereocenters. The molecule has 0 radical (unpaired) electrons. The number of anilines is 1. The number of para-hydroxylation sites is 2. The normalized spacial score (nSPS) is 20.4. The van der Waals surface area contributed by atoms with Gasteiger partial charge in [0.2, 0.25) is 0 Å². The predicted octanol–water partition coefficient (Wildman–Crippen LogP) is 6.25. The Morgan fingerprint density at radius 3 is 2.57 bits per heavy atom. The molecule has 0 atom stereocenters. The Hall–Kier alpha value is -3.84. The molecule has 4 aliphatic rings. The molecule has 7 heteroatoms. The number of aliphatic imine (C=N–C) groups is 1. The van der Waals surface area contributed by atoms with Crippen molar-refractivity contribution >= 4 is 22.9 Å². The maximum atomic E-state index is 13.8. The van der Waals surface area contributed by atoms with Gasteiger partial charge in [-0.3, -0.25) is 4.99 Å². The van der Waals surface area contributed by atoms with Crippen LogP contribution in [0.4, 0.5) is 10.1 Å². The van der Waals surface area contributed by atoms with Gasteiger partial charge < -0.3 is 14.6 Å². The zero-order valence-electron chi connectivity index (χ0n) is 20.9. The third kappa shape index (κ3) is 4.91. The third-order valence-corrected chi connectivity index (χ3v) is 7.21. The molecule has 188 valence electrons. The Kier molecular flexibility index (Phi) is 6.53. The first kappa shape index (κ1) is 23.6. The first-order valence-electron chi connectivity index (χ1n) is 13.0. The van der Waals surface area contributed by atoms with E-state index in [1.54, 1.807) is 19.2 Å². The molecule has 2 aliphatic heterocycles. The highest BCUT2D eigenvalue weighted by Gasteiger charge is 2.22. The van der Waals surface area contributed by atoms with Crippen LogP contribution >= 0.6 is 0 Å². The van der Waals surface area contributed by atoms with Crippen molar-refractivity contribution in [3.63, 3.8) is 0 Å². The van der Waals surface area contributed by atoms with Gasteiger partial charge in [-0.2, -0.15) is 0 Å². The van der Waals surface area contributed by atoms with Crippen LogP contribution in [0.25, 0.3) is 28.1 Å². The molecule has 2 aromatic rings. The standard InChI is InChI=1S/C30H30FN5O/c1-37-23-15-11-21(12-16-23)33-26-19-29-27(18-25(26)35-30-8-4-5-17-32-30)34-24-6-2-3-7-28(24)36(29)22-13-9-20(31)10-14-22/h2-3,6-10,13-14,17-19,21,23,35H,4-5,11-12,15-16H2,1H3/b33-26+. The quantitative estimate of drug-likeness (QED) is 0.333. The molecule has 0 saturated heterocycles. The molecule has 2 heterocycles. The summed E-state index contributed by atoms with van der Waals surface area (Å²) in [5.41, 5.74) is 5.32. The average Bonchev–Trinajstić information content (AvgIpc) is 2.94. The van der Waals surface area contributed by atoms with Gasteiger partial charge in [-0.25, -0.2) is 14.4 Å². The molecule has 6 nitrogen and oxygen atoms in total. The number of fused-ring (bicyclic) bond motifs is 2. The van der Waals surface area contributed by atoms with Gasteiger partial charge in [0.25, 0.3) is 0 Å². The van der Waals surface area contributed by atoms with Crippen molar-refractivity contribution in [3.05, 3.63) is 83.7 Å². The second-order valence-corrected chi connectivity index (χ2v) is 9.67. The Bertz CT molecular complexity index is 1510. The van der Waals surface area contributed by atoms with Gasteiger partial charge >= 0.3 is 0 Å². The number of methoxy groups -OCH3 is 1. The number of nitrogens with one attached hydrogen (secondary N) is 1. The Morgan fingerprint density at radius 1 is 1.00 bits per heavy atom. The first-order valence-corrected chi connectivity index (χ1v) is 13.0. The molecule has 0 bridgehead atoms. The zero-order chi connectivity index (χ0) is 25.2. The number of nitrogens with zero attached hydrogens (tertiary/aromatic N) is 4. The second-order valence-electron chi connectivity index (χ2n) is 9.67. The molecule has 1 fully saturated rings. The fourth-order valence-corrected chi connectivity index (χ4v) is 5.26. The van der Waals surface area contributed by atoms with Crippen molar-refractivity contribution in [2.75, 3.05) is 12.4 Å². The van der Waals surface area contributed by atoms with Crippen LogP contribution in [0.1, 0.15) is 38.5 Å². The lowest BCUT2D eigenvalue weighted by Gasteiger charge is -2.25. The van der Waals surface area contributed by atoms with Crippen LogP contribution in [0.2, 0.25) is 0 Å². The van der Waals surface area contributed by atoms with Crippen molar-refractivity contribution in [1.82, 2.24) is 9.55 Å². The molecule has 2 aliphatic carbocycles. The second kappa shape index (κ2) is 10.3. The monoisotopic (exact) mass is 495 g/mol. The topological polar surface area (TPSA) is 63.8 Å².